The van der Waals surface area contributed by atoms with Gasteiger partial charge in [-0.25, -0.2) is 18.1 Å². The van der Waals surface area contributed by atoms with Crippen LogP contribution in [-0.4, -0.2) is 33.6 Å². The summed E-state index contributed by atoms with van der Waals surface area (Å²) in [5.74, 6) is 1.42. The molecule has 0 atom stereocenters. The Bertz CT molecular complexity index is 949. The van der Waals surface area contributed by atoms with Gasteiger partial charge in [-0.15, -0.1) is 0 Å². The molecule has 8 heteroatoms. The Hall–Kier alpha value is -2.58. The first-order chi connectivity index (χ1) is 14.1. The minimum absolute atomic E-state index is 0.262. The molecule has 0 heterocycles. The number of ether oxygens (including phenoxy) is 1. The quantitative estimate of drug-likeness (QED) is 0.441. The Labute approximate surface area is 180 Å². The second-order valence-corrected chi connectivity index (χ2v) is 9.51. The fourth-order valence-electron chi connectivity index (χ4n) is 2.79. The first-order valence-electron chi connectivity index (χ1n) is 9.91. The maximum Gasteiger partial charge on any atom is 0.241 e. The van der Waals surface area contributed by atoms with Gasteiger partial charge in [-0.05, 0) is 57.0 Å². The lowest BCUT2D eigenvalue weighted by atomic mass is 10.1. The molecule has 7 nitrogen and oxygen atoms in total. The lowest BCUT2D eigenvalue weighted by Crippen LogP contribution is -2.41. The number of guanidine groups is 1. The van der Waals surface area contributed by atoms with Crippen LogP contribution in [0, 0.1) is 0 Å². The molecule has 30 heavy (non-hydrogen) atoms. The van der Waals surface area contributed by atoms with Crippen LogP contribution in [0.3, 0.4) is 0 Å². The van der Waals surface area contributed by atoms with E-state index in [0.717, 1.165) is 11.3 Å². The topological polar surface area (TPSA) is 91.8 Å². The van der Waals surface area contributed by atoms with Crippen LogP contribution in [-0.2, 0) is 23.1 Å². The minimum Gasteiger partial charge on any atom is -0.497 e. The van der Waals surface area contributed by atoms with Crippen molar-refractivity contribution in [1.29, 1.82) is 0 Å². The first kappa shape index (κ1) is 23.7. The molecule has 0 bridgehead atoms. The minimum atomic E-state index is -3.63. The molecule has 2 rings (SSSR count). The molecule has 164 valence electrons. The summed E-state index contributed by atoms with van der Waals surface area (Å²) in [6, 6.07) is 14.7. The van der Waals surface area contributed by atoms with Crippen molar-refractivity contribution < 1.29 is 13.2 Å². The average Bonchev–Trinajstić information content (AvgIpc) is 2.69. The number of nitrogens with one attached hydrogen (secondary N) is 3. The smallest absolute Gasteiger partial charge is 0.241 e. The number of benzene rings is 2. The zero-order valence-corrected chi connectivity index (χ0v) is 19.1. The van der Waals surface area contributed by atoms with E-state index in [-0.39, 0.29) is 4.90 Å². The SMILES string of the molecule is CCNC(=NCc1ccc(OC)cc1)NCc1ccccc1S(=O)(=O)NC(C)(C)C. The van der Waals surface area contributed by atoms with Gasteiger partial charge in [0.25, 0.3) is 0 Å². The summed E-state index contributed by atoms with van der Waals surface area (Å²) in [7, 11) is -2.00. The lowest BCUT2D eigenvalue weighted by molar-refractivity contribution is 0.414. The van der Waals surface area contributed by atoms with Gasteiger partial charge in [-0.3, -0.25) is 0 Å². The maximum absolute atomic E-state index is 12.8. The standard InChI is InChI=1S/C22H32N4O3S/c1-6-23-21(24-15-17-11-13-19(29-5)14-12-17)25-16-18-9-7-8-10-20(18)30(27,28)26-22(2,3)4/h7-14,26H,6,15-16H2,1-5H3,(H2,23,24,25). The number of hydrogen-bond acceptors (Lipinski definition) is 4. The molecule has 0 amide bonds. The zero-order chi connectivity index (χ0) is 22.2. The highest BCUT2D eigenvalue weighted by Gasteiger charge is 2.24. The summed E-state index contributed by atoms with van der Waals surface area (Å²) in [4.78, 5) is 4.86. The van der Waals surface area contributed by atoms with E-state index in [1.54, 1.807) is 25.3 Å². The lowest BCUT2D eigenvalue weighted by Gasteiger charge is -2.22. The molecule has 3 N–H and O–H groups in total. The molecular formula is C22H32N4O3S. The molecule has 0 fully saturated rings. The molecule has 0 aliphatic heterocycles. The molecule has 0 radical (unpaired) electrons. The summed E-state index contributed by atoms with van der Waals surface area (Å²) in [5, 5.41) is 6.42. The highest BCUT2D eigenvalue weighted by Crippen LogP contribution is 2.18. The third-order valence-corrected chi connectivity index (χ3v) is 5.93. The predicted molar refractivity (Wildman–Crippen MR) is 121 cm³/mol. The van der Waals surface area contributed by atoms with E-state index in [0.29, 0.717) is 31.2 Å². The van der Waals surface area contributed by atoms with Crippen LogP contribution < -0.4 is 20.1 Å². The Morgan fingerprint density at radius 2 is 1.70 bits per heavy atom. The van der Waals surface area contributed by atoms with E-state index in [2.05, 4.69) is 20.3 Å². The van der Waals surface area contributed by atoms with Gasteiger partial charge in [0.2, 0.25) is 10.0 Å². The van der Waals surface area contributed by atoms with E-state index < -0.39 is 15.6 Å². The van der Waals surface area contributed by atoms with Crippen LogP contribution in [0.25, 0.3) is 0 Å². The highest BCUT2D eigenvalue weighted by molar-refractivity contribution is 7.89. The third kappa shape index (κ3) is 7.35. The second kappa shape index (κ2) is 10.4. The van der Waals surface area contributed by atoms with Gasteiger partial charge in [-0.2, -0.15) is 0 Å². The van der Waals surface area contributed by atoms with E-state index in [1.165, 1.54) is 0 Å². The summed E-state index contributed by atoms with van der Waals surface area (Å²) < 4.78 is 33.5. The summed E-state index contributed by atoms with van der Waals surface area (Å²) in [6.45, 7) is 8.96. The van der Waals surface area contributed by atoms with Crippen LogP contribution in [0.1, 0.15) is 38.8 Å². The number of methoxy groups -OCH3 is 1. The van der Waals surface area contributed by atoms with Crippen LogP contribution in [0.5, 0.6) is 5.75 Å². The largest absolute Gasteiger partial charge is 0.497 e. The number of rotatable bonds is 8. The van der Waals surface area contributed by atoms with E-state index in [9.17, 15) is 8.42 Å². The Morgan fingerprint density at radius 1 is 1.03 bits per heavy atom. The normalized spacial score (nSPS) is 12.5. The van der Waals surface area contributed by atoms with Crippen LogP contribution in [0.2, 0.25) is 0 Å². The molecule has 0 saturated carbocycles. The van der Waals surface area contributed by atoms with Crippen molar-refractivity contribution in [2.45, 2.75) is 51.2 Å². The second-order valence-electron chi connectivity index (χ2n) is 7.86. The van der Waals surface area contributed by atoms with Crippen molar-refractivity contribution in [3.8, 4) is 5.75 Å². The van der Waals surface area contributed by atoms with Crippen LogP contribution in [0.4, 0.5) is 0 Å². The van der Waals surface area contributed by atoms with Gasteiger partial charge in [0.1, 0.15) is 5.75 Å². The van der Waals surface area contributed by atoms with Gasteiger partial charge in [0, 0.05) is 18.6 Å². The van der Waals surface area contributed by atoms with Crippen LogP contribution >= 0.6 is 0 Å². The number of aliphatic imine (C=N–C) groups is 1. The van der Waals surface area contributed by atoms with Crippen molar-refractivity contribution in [3.05, 3.63) is 59.7 Å². The van der Waals surface area contributed by atoms with Crippen LogP contribution in [0.15, 0.2) is 58.4 Å². The summed E-state index contributed by atoms with van der Waals surface area (Å²) >= 11 is 0. The Balaban J connectivity index is 2.14. The Kier molecular flexibility index (Phi) is 8.25. The van der Waals surface area contributed by atoms with E-state index in [1.807, 2.05) is 58.0 Å². The molecule has 2 aromatic carbocycles. The summed E-state index contributed by atoms with van der Waals surface area (Å²) in [5.41, 5.74) is 1.16. The maximum atomic E-state index is 12.8. The fourth-order valence-corrected chi connectivity index (χ4v) is 4.45. The molecule has 0 unspecified atom stereocenters. The van der Waals surface area contributed by atoms with Crippen molar-refractivity contribution in [3.63, 3.8) is 0 Å². The zero-order valence-electron chi connectivity index (χ0n) is 18.3. The van der Waals surface area contributed by atoms with Crippen molar-refractivity contribution in [2.75, 3.05) is 13.7 Å². The van der Waals surface area contributed by atoms with Gasteiger partial charge in [0.15, 0.2) is 5.96 Å². The molecule has 0 aliphatic rings. The van der Waals surface area contributed by atoms with Crippen molar-refractivity contribution in [2.24, 2.45) is 4.99 Å². The molecule has 0 saturated heterocycles. The van der Waals surface area contributed by atoms with Crippen molar-refractivity contribution in [1.82, 2.24) is 15.4 Å². The molecule has 0 spiro atoms. The first-order valence-corrected chi connectivity index (χ1v) is 11.4. The highest BCUT2D eigenvalue weighted by atomic mass is 32.2. The molecular weight excluding hydrogens is 400 g/mol. The predicted octanol–water partition coefficient (Wildman–Crippen LogP) is 3.03. The van der Waals surface area contributed by atoms with Gasteiger partial charge < -0.3 is 15.4 Å². The van der Waals surface area contributed by atoms with Crippen molar-refractivity contribution >= 4 is 16.0 Å². The average molecular weight is 433 g/mol. The fraction of sp³-hybridized carbons (Fsp3) is 0.409. The third-order valence-electron chi connectivity index (χ3n) is 4.07. The summed E-state index contributed by atoms with van der Waals surface area (Å²) in [6.07, 6.45) is 0. The monoisotopic (exact) mass is 432 g/mol. The van der Waals surface area contributed by atoms with E-state index in [4.69, 9.17) is 4.74 Å². The van der Waals surface area contributed by atoms with Gasteiger partial charge in [-0.1, -0.05) is 30.3 Å². The van der Waals surface area contributed by atoms with Gasteiger partial charge >= 0.3 is 0 Å². The number of sulfonamides is 1. The molecule has 2 aromatic rings. The molecule has 0 aliphatic carbocycles. The number of hydrogen-bond donors (Lipinski definition) is 3. The number of nitrogens with zero attached hydrogens (tertiary/aromatic N) is 1. The van der Waals surface area contributed by atoms with Gasteiger partial charge in [0.05, 0.1) is 18.6 Å². The Morgan fingerprint density at radius 3 is 2.30 bits per heavy atom. The van der Waals surface area contributed by atoms with E-state index >= 15 is 0 Å². The molecule has 0 aromatic heterocycles.